The van der Waals surface area contributed by atoms with Crippen molar-refractivity contribution in [1.29, 1.82) is 0 Å². The van der Waals surface area contributed by atoms with Crippen LogP contribution in [0.25, 0.3) is 11.6 Å². The molecular formula is C33H30F3NO. The van der Waals surface area contributed by atoms with Gasteiger partial charge in [-0.25, -0.2) is 0 Å². The summed E-state index contributed by atoms with van der Waals surface area (Å²) in [5.41, 5.74) is 8.39. The Labute approximate surface area is 221 Å². The Bertz CT molecular complexity index is 1440. The summed E-state index contributed by atoms with van der Waals surface area (Å²) in [6, 6.07) is 28.1. The molecule has 5 heteroatoms. The lowest BCUT2D eigenvalue weighted by Gasteiger charge is -2.24. The van der Waals surface area contributed by atoms with Gasteiger partial charge in [-0.3, -0.25) is 0 Å². The third-order valence-corrected chi connectivity index (χ3v) is 7.04. The van der Waals surface area contributed by atoms with E-state index in [2.05, 4.69) is 72.9 Å². The van der Waals surface area contributed by atoms with Crippen LogP contribution in [-0.4, -0.2) is 6.61 Å². The molecule has 1 aliphatic rings. The van der Waals surface area contributed by atoms with Crippen molar-refractivity contribution in [3.05, 3.63) is 130 Å². The Morgan fingerprint density at radius 2 is 1.58 bits per heavy atom. The number of hydrogen-bond acceptors (Lipinski definition) is 2. The average molecular weight is 514 g/mol. The van der Waals surface area contributed by atoms with E-state index in [9.17, 15) is 13.2 Å². The SMILES string of the molecule is CCc1cccc2c1CNc1c(cccc1CCc1ccccc1)/C=C\2COc1cccc(C(F)(F)F)c1. The van der Waals surface area contributed by atoms with Crippen molar-refractivity contribution in [3.8, 4) is 5.75 Å². The molecule has 0 bridgehead atoms. The highest BCUT2D eigenvalue weighted by molar-refractivity contribution is 5.89. The lowest BCUT2D eigenvalue weighted by Crippen LogP contribution is -2.13. The van der Waals surface area contributed by atoms with Crippen molar-refractivity contribution >= 4 is 17.3 Å². The second-order valence-electron chi connectivity index (χ2n) is 9.50. The first-order valence-electron chi connectivity index (χ1n) is 12.9. The first-order chi connectivity index (χ1) is 18.4. The van der Waals surface area contributed by atoms with Crippen LogP contribution in [0.15, 0.2) is 91.0 Å². The largest absolute Gasteiger partial charge is 0.489 e. The van der Waals surface area contributed by atoms with Crippen molar-refractivity contribution in [1.82, 2.24) is 0 Å². The monoisotopic (exact) mass is 513 g/mol. The van der Waals surface area contributed by atoms with Crippen molar-refractivity contribution in [2.24, 2.45) is 0 Å². The predicted molar refractivity (Wildman–Crippen MR) is 148 cm³/mol. The first-order valence-corrected chi connectivity index (χ1v) is 12.9. The summed E-state index contributed by atoms with van der Waals surface area (Å²) >= 11 is 0. The fourth-order valence-electron chi connectivity index (χ4n) is 5.05. The molecule has 4 aromatic carbocycles. The molecule has 0 aromatic heterocycles. The Balaban J connectivity index is 1.50. The molecule has 0 radical (unpaired) electrons. The number of alkyl halides is 3. The number of aryl methyl sites for hydroxylation is 3. The molecule has 0 aliphatic carbocycles. The molecule has 1 heterocycles. The molecule has 0 amide bonds. The number of nitrogens with one attached hydrogen (secondary N) is 1. The minimum atomic E-state index is -4.41. The molecule has 1 aliphatic heterocycles. The van der Waals surface area contributed by atoms with E-state index in [4.69, 9.17) is 4.74 Å². The molecule has 0 saturated carbocycles. The van der Waals surface area contributed by atoms with E-state index in [1.807, 2.05) is 12.1 Å². The number of rotatable bonds is 7. The van der Waals surface area contributed by atoms with Gasteiger partial charge in [0, 0.05) is 12.2 Å². The van der Waals surface area contributed by atoms with Crippen molar-refractivity contribution in [2.75, 3.05) is 11.9 Å². The standard InChI is InChI=1S/C33H30F3NO/c1-2-24-11-7-16-30-27(22-38-29-15-8-14-28(20-29)33(34,35)36)19-26-13-6-12-25(32(26)37-21-31(24)30)18-17-23-9-4-3-5-10-23/h3-16,19-20,37H,2,17-18,21-22H2,1H3/b27-19-. The van der Waals surface area contributed by atoms with Crippen LogP contribution in [0.4, 0.5) is 18.9 Å². The number of para-hydroxylation sites is 1. The van der Waals surface area contributed by atoms with Gasteiger partial charge >= 0.3 is 6.18 Å². The van der Waals surface area contributed by atoms with Gasteiger partial charge in [0.05, 0.1) is 5.56 Å². The van der Waals surface area contributed by atoms with Gasteiger partial charge in [-0.15, -0.1) is 0 Å². The van der Waals surface area contributed by atoms with Gasteiger partial charge in [0.1, 0.15) is 12.4 Å². The van der Waals surface area contributed by atoms with Gasteiger partial charge in [-0.1, -0.05) is 79.7 Å². The lowest BCUT2D eigenvalue weighted by molar-refractivity contribution is -0.137. The number of benzene rings is 4. The summed E-state index contributed by atoms with van der Waals surface area (Å²) in [5, 5.41) is 3.71. The van der Waals surface area contributed by atoms with E-state index in [1.54, 1.807) is 6.07 Å². The van der Waals surface area contributed by atoms with E-state index >= 15 is 0 Å². The van der Waals surface area contributed by atoms with Gasteiger partial charge in [0.2, 0.25) is 0 Å². The maximum absolute atomic E-state index is 13.2. The Hall–Kier alpha value is -3.99. The van der Waals surface area contributed by atoms with Crippen LogP contribution in [-0.2, 0) is 32.0 Å². The Morgan fingerprint density at radius 1 is 0.816 bits per heavy atom. The zero-order chi connectivity index (χ0) is 26.5. The van der Waals surface area contributed by atoms with Crippen LogP contribution >= 0.6 is 0 Å². The molecule has 0 unspecified atom stereocenters. The maximum atomic E-state index is 13.2. The lowest BCUT2D eigenvalue weighted by atomic mass is 9.90. The summed E-state index contributed by atoms with van der Waals surface area (Å²) in [6.07, 6.45) is 0.411. The molecule has 0 atom stereocenters. The van der Waals surface area contributed by atoms with Crippen LogP contribution in [0.5, 0.6) is 5.75 Å². The quantitative estimate of drug-likeness (QED) is 0.267. The number of hydrogen-bond donors (Lipinski definition) is 1. The summed E-state index contributed by atoms with van der Waals surface area (Å²) in [4.78, 5) is 0. The minimum absolute atomic E-state index is 0.162. The third kappa shape index (κ3) is 5.77. The van der Waals surface area contributed by atoms with E-state index in [0.717, 1.165) is 53.8 Å². The van der Waals surface area contributed by atoms with Gasteiger partial charge in [0.25, 0.3) is 0 Å². The van der Waals surface area contributed by atoms with Gasteiger partial charge in [0.15, 0.2) is 0 Å². The van der Waals surface area contributed by atoms with Crippen molar-refractivity contribution in [2.45, 2.75) is 38.9 Å². The molecule has 1 N–H and O–H groups in total. The first kappa shape index (κ1) is 25.7. The highest BCUT2D eigenvalue weighted by Crippen LogP contribution is 2.35. The number of fused-ring (bicyclic) bond motifs is 2. The second-order valence-corrected chi connectivity index (χ2v) is 9.50. The van der Waals surface area contributed by atoms with Crippen LogP contribution in [0.1, 0.15) is 45.9 Å². The normalized spacial score (nSPS) is 14.3. The van der Waals surface area contributed by atoms with Crippen LogP contribution in [0.2, 0.25) is 0 Å². The third-order valence-electron chi connectivity index (χ3n) is 7.04. The highest BCUT2D eigenvalue weighted by Gasteiger charge is 2.30. The topological polar surface area (TPSA) is 21.3 Å². The molecular weight excluding hydrogens is 483 g/mol. The Morgan fingerprint density at radius 3 is 2.37 bits per heavy atom. The van der Waals surface area contributed by atoms with Crippen molar-refractivity contribution < 1.29 is 17.9 Å². The van der Waals surface area contributed by atoms with E-state index in [-0.39, 0.29) is 12.4 Å². The average Bonchev–Trinajstić information content (AvgIpc) is 2.92. The number of ether oxygens (including phenoxy) is 1. The van der Waals surface area contributed by atoms with Crippen LogP contribution in [0, 0.1) is 0 Å². The zero-order valence-electron chi connectivity index (χ0n) is 21.3. The number of halogens is 3. The smallest absolute Gasteiger partial charge is 0.416 e. The Kier molecular flexibility index (Phi) is 7.54. The minimum Gasteiger partial charge on any atom is -0.489 e. The molecule has 194 valence electrons. The van der Waals surface area contributed by atoms with E-state index in [1.165, 1.54) is 28.3 Å². The molecule has 5 rings (SSSR count). The fourth-order valence-corrected chi connectivity index (χ4v) is 5.05. The van der Waals surface area contributed by atoms with E-state index in [0.29, 0.717) is 6.54 Å². The molecule has 4 aromatic rings. The number of anilines is 1. The van der Waals surface area contributed by atoms with Gasteiger partial charge in [-0.05, 0) is 82.5 Å². The molecule has 0 spiro atoms. The molecule has 0 fully saturated rings. The summed E-state index contributed by atoms with van der Waals surface area (Å²) in [5.74, 6) is 0.200. The summed E-state index contributed by atoms with van der Waals surface area (Å²) < 4.78 is 45.7. The fraction of sp³-hybridized carbons (Fsp3) is 0.212. The van der Waals surface area contributed by atoms with Gasteiger partial charge < -0.3 is 10.1 Å². The summed E-state index contributed by atoms with van der Waals surface area (Å²) in [6.45, 7) is 2.96. The second kappa shape index (κ2) is 11.2. The van der Waals surface area contributed by atoms with Crippen LogP contribution in [0.3, 0.4) is 0 Å². The molecule has 38 heavy (non-hydrogen) atoms. The van der Waals surface area contributed by atoms with Crippen molar-refractivity contribution in [3.63, 3.8) is 0 Å². The highest BCUT2D eigenvalue weighted by atomic mass is 19.4. The van der Waals surface area contributed by atoms with Gasteiger partial charge in [-0.2, -0.15) is 13.2 Å². The van der Waals surface area contributed by atoms with E-state index < -0.39 is 11.7 Å². The van der Waals surface area contributed by atoms with Crippen LogP contribution < -0.4 is 10.1 Å². The maximum Gasteiger partial charge on any atom is 0.416 e. The molecule has 2 nitrogen and oxygen atoms in total. The zero-order valence-corrected chi connectivity index (χ0v) is 21.3. The predicted octanol–water partition coefficient (Wildman–Crippen LogP) is 8.60. The summed E-state index contributed by atoms with van der Waals surface area (Å²) in [7, 11) is 0. The molecule has 0 saturated heterocycles.